The number of benzene rings is 1. The molecule has 1 aromatic carbocycles. The summed E-state index contributed by atoms with van der Waals surface area (Å²) in [7, 11) is 0. The second kappa shape index (κ2) is 11.7. The fraction of sp³-hybridized carbons (Fsp3) is 0.583. The molecule has 182 valence electrons. The molecule has 0 unspecified atom stereocenters. The minimum atomic E-state index is -0.483. The fourth-order valence-corrected chi connectivity index (χ4v) is 4.16. The summed E-state index contributed by atoms with van der Waals surface area (Å²) in [6.45, 7) is 11.8. The number of ether oxygens (including phenoxy) is 2. The van der Waals surface area contributed by atoms with E-state index in [0.717, 1.165) is 38.0 Å². The van der Waals surface area contributed by atoms with Gasteiger partial charge in [0.25, 0.3) is 0 Å². The Bertz CT molecular complexity index is 907. The molecule has 0 atom stereocenters. The minimum absolute atomic E-state index is 0.257. The van der Waals surface area contributed by atoms with Gasteiger partial charge < -0.3 is 19.7 Å². The molecule has 1 fully saturated rings. The SMILES string of the molecule is CCCCCOc1ccc(Nc2nc(CN3CCN(C(=O)OC(C)(C)C)CC3)cs2)cc1F. The van der Waals surface area contributed by atoms with Crippen LogP contribution < -0.4 is 10.1 Å². The molecule has 1 aliphatic heterocycles. The van der Waals surface area contributed by atoms with Gasteiger partial charge in [-0.3, -0.25) is 4.90 Å². The van der Waals surface area contributed by atoms with Crippen LogP contribution in [-0.2, 0) is 11.3 Å². The second-order valence-corrected chi connectivity index (χ2v) is 10.1. The molecular weight excluding hydrogens is 443 g/mol. The summed E-state index contributed by atoms with van der Waals surface area (Å²) in [4.78, 5) is 20.9. The number of anilines is 2. The van der Waals surface area contributed by atoms with Crippen LogP contribution in [0.2, 0.25) is 0 Å². The Labute approximate surface area is 199 Å². The summed E-state index contributed by atoms with van der Waals surface area (Å²) in [5.74, 6) is -0.0989. The number of rotatable bonds is 9. The van der Waals surface area contributed by atoms with Crippen LogP contribution in [0.5, 0.6) is 5.75 Å². The molecule has 0 spiro atoms. The third-order valence-electron chi connectivity index (χ3n) is 5.15. The first kappa shape index (κ1) is 25.2. The van der Waals surface area contributed by atoms with Crippen molar-refractivity contribution >= 4 is 28.2 Å². The minimum Gasteiger partial charge on any atom is -0.491 e. The van der Waals surface area contributed by atoms with Crippen LogP contribution in [0.1, 0.15) is 52.7 Å². The largest absolute Gasteiger partial charge is 0.491 e. The molecule has 33 heavy (non-hydrogen) atoms. The highest BCUT2D eigenvalue weighted by molar-refractivity contribution is 7.13. The molecule has 1 aromatic heterocycles. The third-order valence-corrected chi connectivity index (χ3v) is 5.96. The van der Waals surface area contributed by atoms with Crippen molar-refractivity contribution in [1.29, 1.82) is 0 Å². The number of unbranched alkanes of at least 4 members (excludes halogenated alkanes) is 2. The van der Waals surface area contributed by atoms with Gasteiger partial charge in [0.05, 0.1) is 12.3 Å². The van der Waals surface area contributed by atoms with Gasteiger partial charge in [-0.25, -0.2) is 14.2 Å². The van der Waals surface area contributed by atoms with E-state index >= 15 is 0 Å². The van der Waals surface area contributed by atoms with Gasteiger partial charge in [-0.05, 0) is 39.3 Å². The number of hydrogen-bond donors (Lipinski definition) is 1. The highest BCUT2D eigenvalue weighted by atomic mass is 32.1. The van der Waals surface area contributed by atoms with Gasteiger partial charge in [0.1, 0.15) is 5.60 Å². The molecule has 0 aliphatic carbocycles. The maximum absolute atomic E-state index is 14.3. The Balaban J connectivity index is 1.46. The van der Waals surface area contributed by atoms with Crippen molar-refractivity contribution in [1.82, 2.24) is 14.8 Å². The molecule has 9 heteroatoms. The van der Waals surface area contributed by atoms with Crippen LogP contribution in [0.4, 0.5) is 20.0 Å². The average Bonchev–Trinajstić information content (AvgIpc) is 3.18. The predicted octanol–water partition coefficient (Wildman–Crippen LogP) is 5.65. The van der Waals surface area contributed by atoms with E-state index in [-0.39, 0.29) is 17.7 Å². The Morgan fingerprint density at radius 2 is 1.97 bits per heavy atom. The van der Waals surface area contributed by atoms with Gasteiger partial charge in [-0.15, -0.1) is 11.3 Å². The van der Waals surface area contributed by atoms with Crippen LogP contribution in [0.3, 0.4) is 0 Å². The quantitative estimate of drug-likeness (QED) is 0.470. The van der Waals surface area contributed by atoms with Crippen molar-refractivity contribution in [3.63, 3.8) is 0 Å². The molecule has 0 saturated carbocycles. The lowest BCUT2D eigenvalue weighted by Gasteiger charge is -2.35. The van der Waals surface area contributed by atoms with Gasteiger partial charge in [0.15, 0.2) is 16.7 Å². The number of carbonyl (C=O) groups excluding carboxylic acids is 1. The van der Waals surface area contributed by atoms with Crippen LogP contribution in [0.15, 0.2) is 23.6 Å². The van der Waals surface area contributed by atoms with Gasteiger partial charge in [-0.1, -0.05) is 19.8 Å². The smallest absolute Gasteiger partial charge is 0.410 e. The second-order valence-electron chi connectivity index (χ2n) is 9.21. The molecule has 1 amide bonds. The fourth-order valence-electron chi connectivity index (χ4n) is 3.43. The van der Waals surface area contributed by atoms with Crippen LogP contribution >= 0.6 is 11.3 Å². The van der Waals surface area contributed by atoms with Gasteiger partial charge in [0, 0.05) is 49.9 Å². The van der Waals surface area contributed by atoms with Crippen LogP contribution in [-0.4, -0.2) is 59.3 Å². The van der Waals surface area contributed by atoms with E-state index in [4.69, 9.17) is 9.47 Å². The van der Waals surface area contributed by atoms with E-state index in [1.165, 1.54) is 17.4 Å². The monoisotopic (exact) mass is 478 g/mol. The van der Waals surface area contributed by atoms with Crippen molar-refractivity contribution in [2.45, 2.75) is 59.1 Å². The molecule has 1 aliphatic rings. The highest BCUT2D eigenvalue weighted by Gasteiger charge is 2.26. The lowest BCUT2D eigenvalue weighted by Crippen LogP contribution is -2.49. The number of thiazole rings is 1. The number of hydrogen-bond acceptors (Lipinski definition) is 7. The predicted molar refractivity (Wildman–Crippen MR) is 130 cm³/mol. The zero-order valence-corrected chi connectivity index (χ0v) is 20.8. The average molecular weight is 479 g/mol. The summed E-state index contributed by atoms with van der Waals surface area (Å²) in [6.07, 6.45) is 2.85. The van der Waals surface area contributed by atoms with E-state index in [9.17, 15) is 9.18 Å². The molecule has 3 rings (SSSR count). The maximum atomic E-state index is 14.3. The Morgan fingerprint density at radius 1 is 1.21 bits per heavy atom. The lowest BCUT2D eigenvalue weighted by molar-refractivity contribution is 0.0138. The Morgan fingerprint density at radius 3 is 2.64 bits per heavy atom. The maximum Gasteiger partial charge on any atom is 0.410 e. The third kappa shape index (κ3) is 8.16. The summed E-state index contributed by atoms with van der Waals surface area (Å²) in [6, 6.07) is 4.89. The van der Waals surface area contributed by atoms with Gasteiger partial charge in [-0.2, -0.15) is 0 Å². The molecule has 0 radical (unpaired) electrons. The van der Waals surface area contributed by atoms with E-state index in [0.29, 0.717) is 37.1 Å². The summed E-state index contributed by atoms with van der Waals surface area (Å²) in [5, 5.41) is 5.89. The Kier molecular flexibility index (Phi) is 8.91. The first-order chi connectivity index (χ1) is 15.7. The lowest BCUT2D eigenvalue weighted by atomic mass is 10.2. The molecular formula is C24H35FN4O3S. The van der Waals surface area contributed by atoms with Crippen molar-refractivity contribution in [3.05, 3.63) is 35.1 Å². The highest BCUT2D eigenvalue weighted by Crippen LogP contribution is 2.26. The summed E-state index contributed by atoms with van der Waals surface area (Å²) in [5.41, 5.74) is 1.10. The first-order valence-corrected chi connectivity index (χ1v) is 12.5. The number of nitrogens with zero attached hydrogens (tertiary/aromatic N) is 3. The van der Waals surface area contributed by atoms with Crippen molar-refractivity contribution in [2.75, 3.05) is 38.1 Å². The number of amides is 1. The number of halogens is 1. The molecule has 2 heterocycles. The number of nitrogens with one attached hydrogen (secondary N) is 1. The molecule has 1 N–H and O–H groups in total. The van der Waals surface area contributed by atoms with E-state index in [2.05, 4.69) is 22.1 Å². The normalized spacial score (nSPS) is 14.9. The van der Waals surface area contributed by atoms with Crippen molar-refractivity contribution in [2.24, 2.45) is 0 Å². The van der Waals surface area contributed by atoms with Gasteiger partial charge in [0.2, 0.25) is 0 Å². The van der Waals surface area contributed by atoms with E-state index in [1.54, 1.807) is 17.0 Å². The summed E-state index contributed by atoms with van der Waals surface area (Å²) >= 11 is 1.49. The topological polar surface area (TPSA) is 66.9 Å². The number of aromatic nitrogens is 1. The molecule has 2 aromatic rings. The standard InChI is InChI=1S/C24H35FN4O3S/c1-5-6-7-14-31-21-9-8-18(15-20(21)25)26-22-27-19(17-33-22)16-28-10-12-29(13-11-28)23(30)32-24(2,3)4/h8-9,15,17H,5-7,10-14,16H2,1-4H3,(H,26,27). The number of carbonyl (C=O) groups is 1. The number of piperazine rings is 1. The first-order valence-electron chi connectivity index (χ1n) is 11.6. The van der Waals surface area contributed by atoms with Crippen LogP contribution in [0.25, 0.3) is 0 Å². The van der Waals surface area contributed by atoms with Gasteiger partial charge >= 0.3 is 6.09 Å². The van der Waals surface area contributed by atoms with Crippen LogP contribution in [0, 0.1) is 5.82 Å². The molecule has 7 nitrogen and oxygen atoms in total. The summed E-state index contributed by atoms with van der Waals surface area (Å²) < 4.78 is 25.3. The van der Waals surface area contributed by atoms with Crippen molar-refractivity contribution in [3.8, 4) is 5.75 Å². The zero-order chi connectivity index (χ0) is 23.8. The Hall–Kier alpha value is -2.39. The van der Waals surface area contributed by atoms with E-state index < -0.39 is 5.60 Å². The molecule has 1 saturated heterocycles. The molecule has 0 bridgehead atoms. The zero-order valence-electron chi connectivity index (χ0n) is 20.0. The van der Waals surface area contributed by atoms with Crippen molar-refractivity contribution < 1.29 is 18.7 Å². The van der Waals surface area contributed by atoms with E-state index in [1.807, 2.05) is 26.2 Å².